The lowest BCUT2D eigenvalue weighted by Gasteiger charge is -2.27. The molecule has 0 bridgehead atoms. The van der Waals surface area contributed by atoms with Gasteiger partial charge in [0.1, 0.15) is 16.8 Å². The zero-order chi connectivity index (χ0) is 18.6. The van der Waals surface area contributed by atoms with E-state index in [1.165, 1.54) is 43.3 Å². The van der Waals surface area contributed by atoms with Gasteiger partial charge < -0.3 is 4.90 Å². The molecule has 6 heteroatoms. The van der Waals surface area contributed by atoms with Crippen molar-refractivity contribution in [2.45, 2.75) is 38.3 Å². The van der Waals surface area contributed by atoms with Gasteiger partial charge >= 0.3 is 0 Å². The number of thiophene rings is 1. The van der Waals surface area contributed by atoms with Crippen molar-refractivity contribution in [3.8, 4) is 16.5 Å². The van der Waals surface area contributed by atoms with Crippen molar-refractivity contribution >= 4 is 11.3 Å². The Labute approximate surface area is 163 Å². The molecule has 0 saturated carbocycles. The first-order valence-corrected chi connectivity index (χ1v) is 10.5. The second kappa shape index (κ2) is 8.49. The molecule has 2 aromatic rings. The van der Waals surface area contributed by atoms with Gasteiger partial charge in [0.15, 0.2) is 0 Å². The van der Waals surface area contributed by atoms with Gasteiger partial charge in [-0.3, -0.25) is 4.84 Å². The van der Waals surface area contributed by atoms with Crippen LogP contribution in [0.2, 0.25) is 0 Å². The van der Waals surface area contributed by atoms with Crippen molar-refractivity contribution in [1.29, 1.82) is 5.26 Å². The van der Waals surface area contributed by atoms with Crippen LogP contribution in [-0.4, -0.2) is 42.2 Å². The van der Waals surface area contributed by atoms with Crippen molar-refractivity contribution in [3.05, 3.63) is 46.6 Å². The number of nitriles is 1. The van der Waals surface area contributed by atoms with Crippen molar-refractivity contribution in [1.82, 2.24) is 9.96 Å². The van der Waals surface area contributed by atoms with Crippen LogP contribution in [0.3, 0.4) is 0 Å². The van der Waals surface area contributed by atoms with Gasteiger partial charge in [0, 0.05) is 29.6 Å². The highest BCUT2D eigenvalue weighted by Crippen LogP contribution is 2.29. The topological polar surface area (TPSA) is 39.5 Å². The van der Waals surface area contributed by atoms with Crippen LogP contribution in [0.5, 0.6) is 0 Å². The van der Waals surface area contributed by atoms with Crippen LogP contribution in [0, 0.1) is 17.1 Å². The smallest absolute Gasteiger partial charge is 0.129 e. The van der Waals surface area contributed by atoms with Crippen molar-refractivity contribution < 1.29 is 9.23 Å². The molecule has 0 spiro atoms. The fourth-order valence-electron chi connectivity index (χ4n) is 3.95. The highest BCUT2D eigenvalue weighted by atomic mass is 32.1. The zero-order valence-electron chi connectivity index (χ0n) is 15.4. The predicted molar refractivity (Wildman–Crippen MR) is 105 cm³/mol. The first kappa shape index (κ1) is 18.6. The first-order valence-electron chi connectivity index (χ1n) is 9.63. The van der Waals surface area contributed by atoms with Gasteiger partial charge in [-0.15, -0.1) is 11.3 Å². The maximum absolute atomic E-state index is 14.6. The van der Waals surface area contributed by atoms with E-state index in [0.717, 1.165) is 36.4 Å². The van der Waals surface area contributed by atoms with Crippen LogP contribution in [-0.2, 0) is 11.4 Å². The van der Waals surface area contributed by atoms with Crippen LogP contribution in [0.25, 0.3) is 10.4 Å². The summed E-state index contributed by atoms with van der Waals surface area (Å²) in [5.74, 6) is -0.255. The molecule has 27 heavy (non-hydrogen) atoms. The highest BCUT2D eigenvalue weighted by Gasteiger charge is 2.28. The molecule has 3 heterocycles. The summed E-state index contributed by atoms with van der Waals surface area (Å²) in [4.78, 5) is 10.0. The normalized spacial score (nSPS) is 21.0. The van der Waals surface area contributed by atoms with Gasteiger partial charge in [0.2, 0.25) is 0 Å². The molecule has 1 aromatic carbocycles. The molecule has 4 nitrogen and oxygen atoms in total. The molecule has 1 aromatic heterocycles. The quantitative estimate of drug-likeness (QED) is 0.738. The van der Waals surface area contributed by atoms with Gasteiger partial charge in [0.25, 0.3) is 0 Å². The van der Waals surface area contributed by atoms with Crippen molar-refractivity contribution in [3.63, 3.8) is 0 Å². The SMILES string of the molecule is N#Cc1ccc(-c2ccc(CON3CCCC3CN3CCCC3)c(F)c2)s1. The molecule has 2 aliphatic heterocycles. The first-order chi connectivity index (χ1) is 13.2. The number of halogens is 1. The average molecular weight is 386 g/mol. The van der Waals surface area contributed by atoms with E-state index in [2.05, 4.69) is 16.0 Å². The summed E-state index contributed by atoms with van der Waals surface area (Å²) in [6.07, 6.45) is 4.88. The molecule has 0 radical (unpaired) electrons. The third kappa shape index (κ3) is 4.39. The van der Waals surface area contributed by atoms with Crippen molar-refractivity contribution in [2.75, 3.05) is 26.2 Å². The number of rotatable bonds is 6. The van der Waals surface area contributed by atoms with E-state index in [1.54, 1.807) is 12.1 Å². The van der Waals surface area contributed by atoms with Crippen LogP contribution in [0.15, 0.2) is 30.3 Å². The molecule has 142 valence electrons. The summed E-state index contributed by atoms with van der Waals surface area (Å²) in [6.45, 7) is 4.62. The molecule has 0 amide bonds. The molecule has 1 unspecified atom stereocenters. The minimum absolute atomic E-state index is 0.255. The Morgan fingerprint density at radius 3 is 2.74 bits per heavy atom. The molecule has 0 aliphatic carbocycles. The molecular weight excluding hydrogens is 361 g/mol. The summed E-state index contributed by atoms with van der Waals surface area (Å²) in [7, 11) is 0. The predicted octanol–water partition coefficient (Wildman–Crippen LogP) is 4.42. The number of hydroxylamine groups is 2. The van der Waals surface area contributed by atoms with Crippen LogP contribution in [0.4, 0.5) is 4.39 Å². The third-order valence-electron chi connectivity index (χ3n) is 5.43. The molecule has 0 N–H and O–H groups in total. The lowest BCUT2D eigenvalue weighted by Crippen LogP contribution is -2.39. The number of hydrogen-bond acceptors (Lipinski definition) is 5. The van der Waals surface area contributed by atoms with Gasteiger partial charge in [-0.25, -0.2) is 4.39 Å². The fraction of sp³-hybridized carbons (Fsp3) is 0.476. The second-order valence-electron chi connectivity index (χ2n) is 7.30. The number of benzene rings is 1. The monoisotopic (exact) mass is 385 g/mol. The number of nitrogens with zero attached hydrogens (tertiary/aromatic N) is 3. The summed E-state index contributed by atoms with van der Waals surface area (Å²) < 4.78 is 14.6. The summed E-state index contributed by atoms with van der Waals surface area (Å²) in [5.41, 5.74) is 1.37. The van der Waals surface area contributed by atoms with E-state index in [4.69, 9.17) is 10.1 Å². The maximum atomic E-state index is 14.6. The largest absolute Gasteiger partial charge is 0.302 e. The van der Waals surface area contributed by atoms with E-state index in [9.17, 15) is 4.39 Å². The van der Waals surface area contributed by atoms with E-state index < -0.39 is 0 Å². The second-order valence-corrected chi connectivity index (χ2v) is 8.38. The Morgan fingerprint density at radius 1 is 1.15 bits per heavy atom. The zero-order valence-corrected chi connectivity index (χ0v) is 16.2. The molecule has 4 rings (SSSR count). The summed E-state index contributed by atoms with van der Waals surface area (Å²) >= 11 is 1.38. The van der Waals surface area contributed by atoms with Crippen LogP contribution < -0.4 is 0 Å². The standard InChI is InChI=1S/C21H24FN3OS/c22-20-12-16(21-8-7-19(13-23)27-21)5-6-17(20)15-26-25-11-3-4-18(25)14-24-9-1-2-10-24/h5-8,12,18H,1-4,9-11,14-15H2. The minimum Gasteiger partial charge on any atom is -0.302 e. The molecular formula is C21H24FN3OS. The van der Waals surface area contributed by atoms with E-state index in [1.807, 2.05) is 12.1 Å². The Bertz CT molecular complexity index is 825. The molecule has 2 aliphatic rings. The van der Waals surface area contributed by atoms with Crippen LogP contribution in [0.1, 0.15) is 36.1 Å². The molecule has 1 atom stereocenters. The minimum atomic E-state index is -0.255. The lowest BCUT2D eigenvalue weighted by molar-refractivity contribution is -0.182. The van der Waals surface area contributed by atoms with Gasteiger partial charge in [-0.05, 0) is 62.5 Å². The third-order valence-corrected chi connectivity index (χ3v) is 6.47. The summed E-state index contributed by atoms with van der Waals surface area (Å²) in [5, 5.41) is 11.0. The average Bonchev–Trinajstić information content (AvgIpc) is 3.43. The summed E-state index contributed by atoms with van der Waals surface area (Å²) in [6, 6.07) is 11.4. The lowest BCUT2D eigenvalue weighted by atomic mass is 10.1. The van der Waals surface area contributed by atoms with Crippen LogP contribution >= 0.6 is 11.3 Å². The maximum Gasteiger partial charge on any atom is 0.129 e. The van der Waals surface area contributed by atoms with Gasteiger partial charge in [-0.1, -0.05) is 12.1 Å². The number of likely N-dealkylation sites (tertiary alicyclic amines) is 1. The molecule has 2 saturated heterocycles. The molecule has 2 fully saturated rings. The fourth-order valence-corrected chi connectivity index (χ4v) is 4.75. The van der Waals surface area contributed by atoms with E-state index >= 15 is 0 Å². The Hall–Kier alpha value is -1.78. The van der Waals surface area contributed by atoms with E-state index in [0.29, 0.717) is 16.5 Å². The Kier molecular flexibility index (Phi) is 5.84. The van der Waals surface area contributed by atoms with Gasteiger partial charge in [-0.2, -0.15) is 10.3 Å². The van der Waals surface area contributed by atoms with E-state index in [-0.39, 0.29) is 12.4 Å². The Morgan fingerprint density at radius 2 is 2.00 bits per heavy atom. The number of hydrogen-bond donors (Lipinski definition) is 0. The van der Waals surface area contributed by atoms with Crippen molar-refractivity contribution in [2.24, 2.45) is 0 Å². The highest BCUT2D eigenvalue weighted by molar-refractivity contribution is 7.16. The Balaban J connectivity index is 1.37. The van der Waals surface area contributed by atoms with Gasteiger partial charge in [0.05, 0.1) is 6.61 Å².